The summed E-state index contributed by atoms with van der Waals surface area (Å²) in [4.78, 5) is 31.8. The van der Waals surface area contributed by atoms with Crippen LogP contribution in [0.5, 0.6) is 0 Å². The van der Waals surface area contributed by atoms with Crippen molar-refractivity contribution in [1.29, 1.82) is 0 Å². The zero-order chi connectivity index (χ0) is 19.9. The van der Waals surface area contributed by atoms with E-state index >= 15 is 0 Å². The Morgan fingerprint density at radius 2 is 2.04 bits per heavy atom. The zero-order valence-electron chi connectivity index (χ0n) is 16.1. The number of Topliss-reactive ketones (excluding diaryl/α,β-unsaturated/α-hetero) is 1. The Kier molecular flexibility index (Phi) is 8.66. The van der Waals surface area contributed by atoms with Crippen LogP contribution < -0.4 is 5.73 Å². The second-order valence-corrected chi connectivity index (χ2v) is 10.4. The second-order valence-electron chi connectivity index (χ2n) is 8.00. The number of aryl methyl sites for hydroxylation is 1. The minimum absolute atomic E-state index is 0.211. The lowest BCUT2D eigenvalue weighted by molar-refractivity contribution is 0.0980. The van der Waals surface area contributed by atoms with E-state index in [-0.39, 0.29) is 12.4 Å². The van der Waals surface area contributed by atoms with Gasteiger partial charge in [-0.15, -0.1) is 11.3 Å². The van der Waals surface area contributed by atoms with Crippen molar-refractivity contribution in [1.82, 2.24) is 0 Å². The molecule has 1 unspecified atom stereocenters. The van der Waals surface area contributed by atoms with Crippen molar-refractivity contribution in [2.24, 2.45) is 11.7 Å². The van der Waals surface area contributed by atoms with Gasteiger partial charge in [-0.25, -0.2) is 4.57 Å². The predicted molar refractivity (Wildman–Crippen MR) is 108 cm³/mol. The molecule has 0 saturated heterocycles. The van der Waals surface area contributed by atoms with Crippen molar-refractivity contribution in [2.75, 3.05) is 6.61 Å². The van der Waals surface area contributed by atoms with Crippen LogP contribution in [0.25, 0.3) is 0 Å². The van der Waals surface area contributed by atoms with E-state index < -0.39 is 13.4 Å². The van der Waals surface area contributed by atoms with E-state index in [9.17, 15) is 9.36 Å². The van der Waals surface area contributed by atoms with Crippen molar-refractivity contribution in [3.05, 3.63) is 21.9 Å². The van der Waals surface area contributed by atoms with Crippen LogP contribution in [-0.2, 0) is 15.5 Å². The van der Waals surface area contributed by atoms with Crippen LogP contribution in [0, 0.1) is 5.92 Å². The molecule has 27 heavy (non-hydrogen) atoms. The van der Waals surface area contributed by atoms with E-state index in [0.29, 0.717) is 19.3 Å². The fraction of sp³-hybridized carbons (Fsp3) is 0.737. The van der Waals surface area contributed by atoms with Gasteiger partial charge in [0.15, 0.2) is 5.78 Å². The first-order valence-corrected chi connectivity index (χ1v) is 12.1. The Bertz CT molecular complexity index is 648. The normalized spacial score (nSPS) is 18.4. The van der Waals surface area contributed by atoms with E-state index in [0.717, 1.165) is 28.5 Å². The summed E-state index contributed by atoms with van der Waals surface area (Å²) in [5.41, 5.74) is 5.21. The number of rotatable bonds is 11. The monoisotopic (exact) mass is 417 g/mol. The number of thiophene rings is 1. The maximum atomic E-state index is 12.4. The lowest BCUT2D eigenvalue weighted by Gasteiger charge is -2.24. The SMILES string of the molecule is CC(N)(CCc1ccc(C(=O)CCCC2CCCCC2)s1)COP(=O)(O)O. The predicted octanol–water partition coefficient (Wildman–Crippen LogP) is 4.44. The number of hydrogen-bond donors (Lipinski definition) is 3. The summed E-state index contributed by atoms with van der Waals surface area (Å²) in [6.07, 6.45) is 10.6. The summed E-state index contributed by atoms with van der Waals surface area (Å²) >= 11 is 1.49. The standard InChI is InChI=1S/C19H32NO5PS/c1-19(20,14-25-26(22,23)24)13-12-16-10-11-18(27-16)17(21)9-5-8-15-6-3-2-4-7-15/h10-11,15H,2-9,12-14,20H2,1H3,(H2,22,23,24). The maximum Gasteiger partial charge on any atom is 0.469 e. The molecule has 0 aliphatic heterocycles. The van der Waals surface area contributed by atoms with Crippen molar-refractivity contribution in [3.8, 4) is 0 Å². The van der Waals surface area contributed by atoms with Gasteiger partial charge in [-0.2, -0.15) is 0 Å². The first kappa shape index (κ1) is 22.7. The molecule has 2 rings (SSSR count). The Morgan fingerprint density at radius 1 is 1.33 bits per heavy atom. The summed E-state index contributed by atoms with van der Waals surface area (Å²) in [7, 11) is -4.51. The molecule has 1 aromatic rings. The van der Waals surface area contributed by atoms with Crippen molar-refractivity contribution in [3.63, 3.8) is 0 Å². The van der Waals surface area contributed by atoms with E-state index in [1.54, 1.807) is 6.92 Å². The average Bonchev–Trinajstić information content (AvgIpc) is 3.08. The van der Waals surface area contributed by atoms with Crippen LogP contribution in [0.1, 0.15) is 79.3 Å². The first-order valence-electron chi connectivity index (χ1n) is 9.75. The van der Waals surface area contributed by atoms with Gasteiger partial charge in [-0.3, -0.25) is 9.32 Å². The highest BCUT2D eigenvalue weighted by atomic mass is 32.1. The summed E-state index contributed by atoms with van der Waals surface area (Å²) in [5.74, 6) is 1.02. The molecule has 0 radical (unpaired) electrons. The van der Waals surface area contributed by atoms with Gasteiger partial charge in [-0.05, 0) is 44.2 Å². The lowest BCUT2D eigenvalue weighted by Crippen LogP contribution is -2.41. The van der Waals surface area contributed by atoms with Crippen LogP contribution >= 0.6 is 19.2 Å². The third-order valence-electron chi connectivity index (χ3n) is 5.18. The molecule has 0 aromatic carbocycles. The third kappa shape index (κ3) is 8.99. The Labute approximate surface area is 165 Å². The molecule has 0 bridgehead atoms. The summed E-state index contributed by atoms with van der Waals surface area (Å²) in [6, 6.07) is 3.82. The second kappa shape index (κ2) is 10.3. The van der Waals surface area contributed by atoms with Crippen molar-refractivity contribution < 1.29 is 23.7 Å². The van der Waals surface area contributed by atoms with Crippen LogP contribution in [0.2, 0.25) is 0 Å². The fourth-order valence-corrected chi connectivity index (χ4v) is 4.96. The van der Waals surface area contributed by atoms with E-state index in [2.05, 4.69) is 4.52 Å². The number of phosphoric ester groups is 1. The van der Waals surface area contributed by atoms with Gasteiger partial charge >= 0.3 is 7.82 Å². The molecule has 6 nitrogen and oxygen atoms in total. The van der Waals surface area contributed by atoms with Crippen molar-refractivity contribution in [2.45, 2.75) is 76.7 Å². The van der Waals surface area contributed by atoms with E-state index in [4.69, 9.17) is 15.5 Å². The third-order valence-corrected chi connectivity index (χ3v) is 6.83. The van der Waals surface area contributed by atoms with E-state index in [1.807, 2.05) is 12.1 Å². The molecule has 1 atom stereocenters. The molecule has 154 valence electrons. The molecule has 0 amide bonds. The maximum absolute atomic E-state index is 12.4. The van der Waals surface area contributed by atoms with Gasteiger partial charge in [0.1, 0.15) is 0 Å². The number of nitrogens with two attached hydrogens (primary N) is 1. The molecular formula is C19H32NO5PS. The lowest BCUT2D eigenvalue weighted by atomic mass is 9.85. The molecule has 8 heteroatoms. The minimum atomic E-state index is -4.51. The molecule has 1 aliphatic carbocycles. The van der Waals surface area contributed by atoms with Crippen LogP contribution in [-0.4, -0.2) is 27.7 Å². The number of carbonyl (C=O) groups is 1. The quantitative estimate of drug-likeness (QED) is 0.363. The fourth-order valence-electron chi connectivity index (χ4n) is 3.52. The zero-order valence-corrected chi connectivity index (χ0v) is 17.8. The first-order chi connectivity index (χ1) is 12.6. The molecule has 1 aromatic heterocycles. The molecule has 0 spiro atoms. The average molecular weight is 418 g/mol. The Hall–Kier alpha value is -0.560. The van der Waals surface area contributed by atoms with Crippen LogP contribution in [0.3, 0.4) is 0 Å². The summed E-state index contributed by atoms with van der Waals surface area (Å²) in [6.45, 7) is 1.49. The summed E-state index contributed by atoms with van der Waals surface area (Å²) < 4.78 is 15.3. The van der Waals surface area contributed by atoms with Gasteiger partial charge in [0.05, 0.1) is 11.5 Å². The number of hydrogen-bond acceptors (Lipinski definition) is 5. The molecule has 1 fully saturated rings. The number of phosphoric acid groups is 1. The largest absolute Gasteiger partial charge is 0.469 e. The number of ketones is 1. The van der Waals surface area contributed by atoms with Crippen molar-refractivity contribution >= 4 is 24.9 Å². The molecule has 1 heterocycles. The molecule has 4 N–H and O–H groups in total. The topological polar surface area (TPSA) is 110 Å². The highest BCUT2D eigenvalue weighted by Gasteiger charge is 2.25. The van der Waals surface area contributed by atoms with Crippen LogP contribution in [0.4, 0.5) is 0 Å². The van der Waals surface area contributed by atoms with E-state index in [1.165, 1.54) is 43.4 Å². The number of carbonyl (C=O) groups excluding carboxylic acids is 1. The highest BCUT2D eigenvalue weighted by Crippen LogP contribution is 2.37. The molecule has 1 aliphatic rings. The molecular weight excluding hydrogens is 385 g/mol. The van der Waals surface area contributed by atoms with Gasteiger partial charge in [-0.1, -0.05) is 38.5 Å². The minimum Gasteiger partial charge on any atom is -0.323 e. The van der Waals surface area contributed by atoms with Gasteiger partial charge < -0.3 is 15.5 Å². The Morgan fingerprint density at radius 3 is 2.70 bits per heavy atom. The van der Waals surface area contributed by atoms with Crippen LogP contribution in [0.15, 0.2) is 12.1 Å². The molecule has 1 saturated carbocycles. The highest BCUT2D eigenvalue weighted by molar-refractivity contribution is 7.46. The van der Waals surface area contributed by atoms with Gasteiger partial charge in [0.25, 0.3) is 0 Å². The Balaban J connectivity index is 1.73. The van der Waals surface area contributed by atoms with Gasteiger partial charge in [0.2, 0.25) is 0 Å². The summed E-state index contributed by atoms with van der Waals surface area (Å²) in [5, 5.41) is 0. The van der Waals surface area contributed by atoms with Gasteiger partial charge in [0, 0.05) is 16.8 Å². The smallest absolute Gasteiger partial charge is 0.323 e.